The Morgan fingerprint density at radius 3 is 2.82 bits per heavy atom. The molecule has 0 bridgehead atoms. The molecule has 1 aromatic carbocycles. The Balaban J connectivity index is 2.79. The molecule has 2 nitrogen and oxygen atoms in total. The van der Waals surface area contributed by atoms with Crippen molar-refractivity contribution in [3.05, 3.63) is 29.8 Å². The molecule has 1 rings (SSSR count). The van der Waals surface area contributed by atoms with Crippen LogP contribution < -0.4 is 5.46 Å². The molecule has 0 N–H and O–H groups in total. The lowest BCUT2D eigenvalue weighted by Crippen LogP contribution is -2.03. The van der Waals surface area contributed by atoms with Crippen molar-refractivity contribution in [1.29, 1.82) is 0 Å². The minimum atomic E-state index is -2.03. The Kier molecular flexibility index (Phi) is 2.85. The molecule has 56 valence electrons. The van der Waals surface area contributed by atoms with E-state index in [-0.39, 0.29) is 5.75 Å². The van der Waals surface area contributed by atoms with Crippen molar-refractivity contribution in [3.63, 3.8) is 0 Å². The average Bonchev–Trinajstić information content (AvgIpc) is 1.85. The molecule has 1 aromatic rings. The maximum absolute atomic E-state index is 10.2. The van der Waals surface area contributed by atoms with Crippen molar-refractivity contribution in [2.24, 2.45) is 0 Å². The van der Waals surface area contributed by atoms with E-state index < -0.39 is 11.1 Å². The maximum atomic E-state index is 10.2. The van der Waals surface area contributed by atoms with Gasteiger partial charge in [0.25, 0.3) is 0 Å². The molecule has 0 aliphatic rings. The topological polar surface area (TPSA) is 40.1 Å². The fourth-order valence-corrected chi connectivity index (χ4v) is 1.27. The number of hydrogen-bond donors (Lipinski definition) is 0. The second kappa shape index (κ2) is 3.69. The van der Waals surface area contributed by atoms with E-state index in [1.54, 1.807) is 24.3 Å². The highest BCUT2D eigenvalue weighted by molar-refractivity contribution is 7.78. The molecule has 0 saturated carbocycles. The Labute approximate surface area is 69.3 Å². The smallest absolute Gasteiger partial charge is 0.113 e. The van der Waals surface area contributed by atoms with Crippen LogP contribution in [0.25, 0.3) is 0 Å². The SMILES string of the molecule is [B]c1cccc(CS(=O)[O-])c1. The van der Waals surface area contributed by atoms with E-state index in [9.17, 15) is 8.76 Å². The maximum Gasteiger partial charge on any atom is 0.113 e. The van der Waals surface area contributed by atoms with Gasteiger partial charge in [-0.05, 0) is 5.56 Å². The standard InChI is InChI=1S/C7H7BO2S/c8-7-3-1-2-6(4-7)5-11(9)10/h1-4H,5H2,(H,9,10)/p-1. The summed E-state index contributed by atoms with van der Waals surface area (Å²) in [6.07, 6.45) is 0. The molecule has 0 amide bonds. The van der Waals surface area contributed by atoms with Crippen molar-refractivity contribution in [2.75, 3.05) is 0 Å². The molecular weight excluding hydrogens is 159 g/mol. The Hall–Kier alpha value is -0.605. The number of hydrogen-bond acceptors (Lipinski definition) is 2. The molecule has 0 aromatic heterocycles. The number of benzene rings is 1. The van der Waals surface area contributed by atoms with Crippen LogP contribution in [0, 0.1) is 0 Å². The summed E-state index contributed by atoms with van der Waals surface area (Å²) in [6.45, 7) is 0. The molecule has 0 fully saturated rings. The normalized spacial score (nSPS) is 12.8. The van der Waals surface area contributed by atoms with E-state index in [0.717, 1.165) is 5.56 Å². The zero-order valence-electron chi connectivity index (χ0n) is 5.82. The lowest BCUT2D eigenvalue weighted by atomic mass is 9.95. The van der Waals surface area contributed by atoms with E-state index in [0.29, 0.717) is 5.46 Å². The molecule has 1 atom stereocenters. The number of rotatable bonds is 2. The van der Waals surface area contributed by atoms with Gasteiger partial charge in [0.05, 0.1) is 0 Å². The summed E-state index contributed by atoms with van der Waals surface area (Å²) in [5.74, 6) is 0.0328. The zero-order valence-corrected chi connectivity index (χ0v) is 6.64. The summed E-state index contributed by atoms with van der Waals surface area (Å²) in [4.78, 5) is 0. The van der Waals surface area contributed by atoms with Gasteiger partial charge in [0.15, 0.2) is 0 Å². The predicted octanol–water partition coefficient (Wildman–Crippen LogP) is -0.140. The van der Waals surface area contributed by atoms with Crippen LogP contribution >= 0.6 is 0 Å². The molecule has 4 heteroatoms. The molecule has 1 unspecified atom stereocenters. The van der Waals surface area contributed by atoms with Crippen molar-refractivity contribution >= 4 is 24.4 Å². The first-order chi connectivity index (χ1) is 5.18. The zero-order chi connectivity index (χ0) is 8.27. The monoisotopic (exact) mass is 165 g/mol. The first-order valence-corrected chi connectivity index (χ1v) is 4.33. The van der Waals surface area contributed by atoms with Gasteiger partial charge in [0, 0.05) is 5.75 Å². The molecule has 0 saturated heterocycles. The van der Waals surface area contributed by atoms with Gasteiger partial charge >= 0.3 is 0 Å². The Morgan fingerprint density at radius 1 is 1.55 bits per heavy atom. The lowest BCUT2D eigenvalue weighted by molar-refractivity contribution is 0.536. The summed E-state index contributed by atoms with van der Waals surface area (Å²) in [7, 11) is 5.43. The first-order valence-electron chi connectivity index (χ1n) is 3.09. The average molecular weight is 165 g/mol. The summed E-state index contributed by atoms with van der Waals surface area (Å²) in [5, 5.41) is 0. The van der Waals surface area contributed by atoms with Crippen LogP contribution in [0.5, 0.6) is 0 Å². The van der Waals surface area contributed by atoms with E-state index in [1.165, 1.54) is 0 Å². The highest BCUT2D eigenvalue weighted by Gasteiger charge is 1.91. The van der Waals surface area contributed by atoms with Crippen LogP contribution in [0.2, 0.25) is 0 Å². The molecular formula is C7H6BO2S-. The van der Waals surface area contributed by atoms with Crippen LogP contribution in [0.1, 0.15) is 5.56 Å². The van der Waals surface area contributed by atoms with Crippen molar-refractivity contribution < 1.29 is 8.76 Å². The fraction of sp³-hybridized carbons (Fsp3) is 0.143. The van der Waals surface area contributed by atoms with Gasteiger partial charge < -0.3 is 4.55 Å². The minimum Gasteiger partial charge on any atom is -0.772 e. The molecule has 0 aliphatic carbocycles. The Morgan fingerprint density at radius 2 is 2.27 bits per heavy atom. The van der Waals surface area contributed by atoms with Crippen LogP contribution in [0.4, 0.5) is 0 Å². The second-order valence-electron chi connectivity index (χ2n) is 2.19. The largest absolute Gasteiger partial charge is 0.772 e. The van der Waals surface area contributed by atoms with Crippen molar-refractivity contribution in [1.82, 2.24) is 0 Å². The Bertz CT molecular complexity index is 275. The van der Waals surface area contributed by atoms with E-state index >= 15 is 0 Å². The molecule has 0 aliphatic heterocycles. The van der Waals surface area contributed by atoms with Gasteiger partial charge in [0.1, 0.15) is 7.85 Å². The van der Waals surface area contributed by atoms with E-state index in [2.05, 4.69) is 0 Å². The summed E-state index contributed by atoms with van der Waals surface area (Å²) < 4.78 is 20.5. The van der Waals surface area contributed by atoms with Gasteiger partial charge in [-0.25, -0.2) is 0 Å². The van der Waals surface area contributed by atoms with Crippen LogP contribution in [-0.2, 0) is 16.8 Å². The van der Waals surface area contributed by atoms with Crippen molar-refractivity contribution in [3.8, 4) is 0 Å². The van der Waals surface area contributed by atoms with E-state index in [1.807, 2.05) is 0 Å². The van der Waals surface area contributed by atoms with Gasteiger partial charge in [0.2, 0.25) is 0 Å². The van der Waals surface area contributed by atoms with Gasteiger partial charge in [-0.2, -0.15) is 0 Å². The minimum absolute atomic E-state index is 0.0328. The third-order valence-corrected chi connectivity index (χ3v) is 1.80. The molecule has 11 heavy (non-hydrogen) atoms. The van der Waals surface area contributed by atoms with Crippen LogP contribution in [0.3, 0.4) is 0 Å². The predicted molar refractivity (Wildman–Crippen MR) is 44.5 cm³/mol. The van der Waals surface area contributed by atoms with Gasteiger partial charge in [-0.15, -0.1) is 0 Å². The van der Waals surface area contributed by atoms with E-state index in [4.69, 9.17) is 7.85 Å². The highest BCUT2D eigenvalue weighted by atomic mass is 32.2. The van der Waals surface area contributed by atoms with Crippen LogP contribution in [-0.4, -0.2) is 16.6 Å². The lowest BCUT2D eigenvalue weighted by Gasteiger charge is -2.04. The summed E-state index contributed by atoms with van der Waals surface area (Å²) in [6, 6.07) is 6.83. The van der Waals surface area contributed by atoms with Gasteiger partial charge in [-0.3, -0.25) is 4.21 Å². The van der Waals surface area contributed by atoms with Crippen molar-refractivity contribution in [2.45, 2.75) is 5.75 Å². The highest BCUT2D eigenvalue weighted by Crippen LogP contribution is 1.98. The third-order valence-electron chi connectivity index (χ3n) is 1.24. The van der Waals surface area contributed by atoms with Gasteiger partial charge in [-0.1, -0.05) is 40.8 Å². The summed E-state index contributed by atoms with van der Waals surface area (Å²) >= 11 is -2.03. The molecule has 0 heterocycles. The van der Waals surface area contributed by atoms with Crippen LogP contribution in [0.15, 0.2) is 24.3 Å². The molecule has 2 radical (unpaired) electrons. The fourth-order valence-electron chi connectivity index (χ4n) is 0.819. The quantitative estimate of drug-likeness (QED) is 0.452. The summed E-state index contributed by atoms with van der Waals surface area (Å²) in [5.41, 5.74) is 1.31. The molecule has 0 spiro atoms. The second-order valence-corrected chi connectivity index (χ2v) is 3.09. The third kappa shape index (κ3) is 2.86. The first kappa shape index (κ1) is 8.49.